The number of carboxylic acids is 1. The van der Waals surface area contributed by atoms with Gasteiger partial charge >= 0.3 is 5.97 Å². The number of carbonyl (C=O) groups excluding carboxylic acids is 1. The van der Waals surface area contributed by atoms with Crippen LogP contribution in [0.5, 0.6) is 0 Å². The molecule has 1 heterocycles. The van der Waals surface area contributed by atoms with Crippen molar-refractivity contribution in [3.8, 4) is 0 Å². The SMILES string of the molecule is CCCOC1CCCN(C(=O)C2CCCC(C(=O)O)C2)C1. The quantitative estimate of drug-likeness (QED) is 0.845. The first-order chi connectivity index (χ1) is 10.1. The van der Waals surface area contributed by atoms with Crippen molar-refractivity contribution in [1.29, 1.82) is 0 Å². The van der Waals surface area contributed by atoms with Crippen molar-refractivity contribution in [3.63, 3.8) is 0 Å². The third-order valence-corrected chi connectivity index (χ3v) is 4.62. The summed E-state index contributed by atoms with van der Waals surface area (Å²) in [5, 5.41) is 9.14. The van der Waals surface area contributed by atoms with E-state index in [0.29, 0.717) is 19.4 Å². The molecule has 0 aromatic rings. The first-order valence-electron chi connectivity index (χ1n) is 8.25. The van der Waals surface area contributed by atoms with E-state index in [1.54, 1.807) is 0 Å². The van der Waals surface area contributed by atoms with Gasteiger partial charge < -0.3 is 14.7 Å². The molecule has 0 aromatic carbocycles. The monoisotopic (exact) mass is 297 g/mol. The molecule has 21 heavy (non-hydrogen) atoms. The van der Waals surface area contributed by atoms with Gasteiger partial charge in [-0.15, -0.1) is 0 Å². The van der Waals surface area contributed by atoms with Gasteiger partial charge in [-0.25, -0.2) is 0 Å². The summed E-state index contributed by atoms with van der Waals surface area (Å²) in [5.41, 5.74) is 0. The van der Waals surface area contributed by atoms with Crippen LogP contribution in [0.15, 0.2) is 0 Å². The molecule has 1 saturated heterocycles. The molecule has 5 nitrogen and oxygen atoms in total. The Bertz CT molecular complexity index is 371. The minimum atomic E-state index is -0.754. The van der Waals surface area contributed by atoms with Gasteiger partial charge in [-0.05, 0) is 38.5 Å². The van der Waals surface area contributed by atoms with Gasteiger partial charge in [0, 0.05) is 25.6 Å². The summed E-state index contributed by atoms with van der Waals surface area (Å²) in [6.07, 6.45) is 6.04. The summed E-state index contributed by atoms with van der Waals surface area (Å²) >= 11 is 0. The van der Waals surface area contributed by atoms with Crippen LogP contribution in [0, 0.1) is 11.8 Å². The van der Waals surface area contributed by atoms with Gasteiger partial charge in [0.05, 0.1) is 12.0 Å². The highest BCUT2D eigenvalue weighted by molar-refractivity contribution is 5.80. The molecule has 1 saturated carbocycles. The number of aliphatic carboxylic acids is 1. The van der Waals surface area contributed by atoms with Gasteiger partial charge in [0.1, 0.15) is 0 Å². The molecule has 0 aromatic heterocycles. The molecule has 1 aliphatic heterocycles. The zero-order chi connectivity index (χ0) is 15.2. The number of piperidine rings is 1. The average molecular weight is 297 g/mol. The molecule has 0 radical (unpaired) electrons. The highest BCUT2D eigenvalue weighted by atomic mass is 16.5. The topological polar surface area (TPSA) is 66.8 Å². The van der Waals surface area contributed by atoms with Crippen molar-refractivity contribution in [2.24, 2.45) is 11.8 Å². The maximum atomic E-state index is 12.6. The molecule has 2 rings (SSSR count). The molecule has 1 aliphatic carbocycles. The molecule has 2 aliphatic rings. The highest BCUT2D eigenvalue weighted by Crippen LogP contribution is 2.31. The number of ether oxygens (including phenoxy) is 1. The standard InChI is InChI=1S/C16H27NO4/c1-2-9-21-14-7-4-8-17(11-14)15(18)12-5-3-6-13(10-12)16(19)20/h12-14H,2-11H2,1H3,(H,19,20). The zero-order valence-electron chi connectivity index (χ0n) is 12.9. The van der Waals surface area contributed by atoms with Gasteiger partial charge in [-0.2, -0.15) is 0 Å². The molecule has 1 N–H and O–H groups in total. The Balaban J connectivity index is 1.88. The molecular formula is C16H27NO4. The van der Waals surface area contributed by atoms with E-state index in [2.05, 4.69) is 6.92 Å². The number of hydrogen-bond donors (Lipinski definition) is 1. The molecular weight excluding hydrogens is 270 g/mol. The lowest BCUT2D eigenvalue weighted by Gasteiger charge is -2.36. The average Bonchev–Trinajstić information content (AvgIpc) is 2.52. The van der Waals surface area contributed by atoms with E-state index in [1.807, 2.05) is 4.90 Å². The fraction of sp³-hybridized carbons (Fsp3) is 0.875. The number of carboxylic acid groups (broad SMARTS) is 1. The van der Waals surface area contributed by atoms with E-state index in [0.717, 1.165) is 45.3 Å². The Morgan fingerprint density at radius 2 is 1.95 bits per heavy atom. The Morgan fingerprint density at radius 1 is 1.19 bits per heavy atom. The van der Waals surface area contributed by atoms with E-state index >= 15 is 0 Å². The van der Waals surface area contributed by atoms with E-state index in [9.17, 15) is 9.59 Å². The Labute approximate surface area is 126 Å². The molecule has 2 fully saturated rings. The van der Waals surface area contributed by atoms with Crippen LogP contribution < -0.4 is 0 Å². The van der Waals surface area contributed by atoms with Crippen LogP contribution in [0.1, 0.15) is 51.9 Å². The third-order valence-electron chi connectivity index (χ3n) is 4.62. The Kier molecular flexibility index (Phi) is 6.03. The van der Waals surface area contributed by atoms with E-state index in [-0.39, 0.29) is 23.8 Å². The summed E-state index contributed by atoms with van der Waals surface area (Å²) < 4.78 is 5.77. The maximum Gasteiger partial charge on any atom is 0.306 e. The number of hydrogen-bond acceptors (Lipinski definition) is 3. The van der Waals surface area contributed by atoms with Crippen LogP contribution in [0.25, 0.3) is 0 Å². The molecule has 3 atom stereocenters. The van der Waals surface area contributed by atoms with Crippen molar-refractivity contribution >= 4 is 11.9 Å². The molecule has 0 spiro atoms. The zero-order valence-corrected chi connectivity index (χ0v) is 12.9. The number of nitrogens with zero attached hydrogens (tertiary/aromatic N) is 1. The second kappa shape index (κ2) is 7.78. The largest absolute Gasteiger partial charge is 0.481 e. The summed E-state index contributed by atoms with van der Waals surface area (Å²) in [7, 11) is 0. The highest BCUT2D eigenvalue weighted by Gasteiger charge is 2.34. The van der Waals surface area contributed by atoms with Gasteiger partial charge in [0.25, 0.3) is 0 Å². The normalized spacial score (nSPS) is 30.1. The molecule has 3 unspecified atom stereocenters. The van der Waals surface area contributed by atoms with E-state index in [1.165, 1.54) is 0 Å². The molecule has 120 valence electrons. The number of carbonyl (C=O) groups is 2. The van der Waals surface area contributed by atoms with Gasteiger partial charge in [0.15, 0.2) is 0 Å². The fourth-order valence-electron chi connectivity index (χ4n) is 3.46. The second-order valence-electron chi connectivity index (χ2n) is 6.32. The van der Waals surface area contributed by atoms with Crippen LogP contribution in [0.2, 0.25) is 0 Å². The van der Waals surface area contributed by atoms with Crippen molar-refractivity contribution in [1.82, 2.24) is 4.90 Å². The predicted molar refractivity (Wildman–Crippen MR) is 78.9 cm³/mol. The van der Waals surface area contributed by atoms with Crippen molar-refractivity contribution in [2.45, 2.75) is 58.0 Å². The predicted octanol–water partition coefficient (Wildman–Crippen LogP) is 2.30. The van der Waals surface area contributed by atoms with E-state index in [4.69, 9.17) is 9.84 Å². The van der Waals surface area contributed by atoms with Crippen LogP contribution in [0.4, 0.5) is 0 Å². The lowest BCUT2D eigenvalue weighted by Crippen LogP contribution is -2.46. The lowest BCUT2D eigenvalue weighted by atomic mass is 9.80. The first kappa shape index (κ1) is 16.3. The van der Waals surface area contributed by atoms with Crippen LogP contribution >= 0.6 is 0 Å². The third kappa shape index (κ3) is 4.43. The molecule has 1 amide bonds. The minimum absolute atomic E-state index is 0.107. The van der Waals surface area contributed by atoms with Gasteiger partial charge in [0.2, 0.25) is 5.91 Å². The van der Waals surface area contributed by atoms with Crippen molar-refractivity contribution in [2.75, 3.05) is 19.7 Å². The number of rotatable bonds is 5. The van der Waals surface area contributed by atoms with Gasteiger partial charge in [-0.3, -0.25) is 9.59 Å². The van der Waals surface area contributed by atoms with E-state index < -0.39 is 5.97 Å². The Hall–Kier alpha value is -1.10. The van der Waals surface area contributed by atoms with Crippen LogP contribution in [-0.4, -0.2) is 47.7 Å². The van der Waals surface area contributed by atoms with Gasteiger partial charge in [-0.1, -0.05) is 13.3 Å². The van der Waals surface area contributed by atoms with Crippen molar-refractivity contribution < 1.29 is 19.4 Å². The van der Waals surface area contributed by atoms with Crippen molar-refractivity contribution in [3.05, 3.63) is 0 Å². The first-order valence-corrected chi connectivity index (χ1v) is 8.25. The lowest BCUT2D eigenvalue weighted by molar-refractivity contribution is -0.146. The number of likely N-dealkylation sites (tertiary alicyclic amines) is 1. The summed E-state index contributed by atoms with van der Waals surface area (Å²) in [5.74, 6) is -1.06. The number of amides is 1. The maximum absolute atomic E-state index is 12.6. The molecule has 5 heteroatoms. The summed E-state index contributed by atoms with van der Waals surface area (Å²) in [6.45, 7) is 4.29. The summed E-state index contributed by atoms with van der Waals surface area (Å²) in [6, 6.07) is 0. The van der Waals surface area contributed by atoms with Crippen LogP contribution in [0.3, 0.4) is 0 Å². The van der Waals surface area contributed by atoms with Crippen LogP contribution in [-0.2, 0) is 14.3 Å². The second-order valence-corrected chi connectivity index (χ2v) is 6.32. The minimum Gasteiger partial charge on any atom is -0.481 e. The molecule has 0 bridgehead atoms. The fourth-order valence-corrected chi connectivity index (χ4v) is 3.46. The smallest absolute Gasteiger partial charge is 0.306 e. The summed E-state index contributed by atoms with van der Waals surface area (Å²) in [4.78, 5) is 25.6. The Morgan fingerprint density at radius 3 is 2.67 bits per heavy atom.